The van der Waals surface area contributed by atoms with Crippen molar-refractivity contribution >= 4 is 33.5 Å². The Morgan fingerprint density at radius 3 is 3.11 bits per heavy atom. The highest BCUT2D eigenvalue weighted by Crippen LogP contribution is 2.26. The molecule has 0 aliphatic rings. The summed E-state index contributed by atoms with van der Waals surface area (Å²) in [6.07, 6.45) is 4.54. The third-order valence-corrected chi connectivity index (χ3v) is 3.27. The van der Waals surface area contributed by atoms with Gasteiger partial charge in [0.1, 0.15) is 0 Å². The lowest BCUT2D eigenvalue weighted by Gasteiger charge is -2.10. The summed E-state index contributed by atoms with van der Waals surface area (Å²) in [5, 5.41) is 4.97. The average Bonchev–Trinajstić information content (AvgIpc) is 2.42. The van der Waals surface area contributed by atoms with E-state index in [1.807, 2.05) is 37.3 Å². The number of aromatic nitrogens is 1. The maximum Gasteiger partial charge on any atom is 0.0704 e. The molecule has 0 amide bonds. The number of allylic oxidation sites excluding steroid dienone is 1. The van der Waals surface area contributed by atoms with Gasteiger partial charge in [0.2, 0.25) is 0 Å². The minimum Gasteiger partial charge on any atom is -0.256 e. The van der Waals surface area contributed by atoms with Crippen molar-refractivity contribution in [1.82, 2.24) is 4.98 Å². The van der Waals surface area contributed by atoms with Crippen LogP contribution in [0, 0.1) is 0 Å². The monoisotopic (exact) mass is 364 g/mol. The van der Waals surface area contributed by atoms with Crippen molar-refractivity contribution in [3.63, 3.8) is 0 Å². The van der Waals surface area contributed by atoms with E-state index in [0.717, 1.165) is 16.5 Å². The molecule has 0 N–H and O–H groups in total. The second-order valence-corrected chi connectivity index (χ2v) is 5.90. The van der Waals surface area contributed by atoms with E-state index in [0.29, 0.717) is 6.42 Å². The maximum absolute atomic E-state index is 8.70. The van der Waals surface area contributed by atoms with Crippen LogP contribution >= 0.6 is 22.6 Å². The Bertz CT molecular complexity index is 655. The number of fused-ring (bicyclic) bond motifs is 1. The lowest BCUT2D eigenvalue weighted by Crippen LogP contribution is -1.94. The fourth-order valence-electron chi connectivity index (χ4n) is 1.88. The van der Waals surface area contributed by atoms with Gasteiger partial charge in [0, 0.05) is 16.5 Å². The van der Waals surface area contributed by atoms with Crippen LogP contribution in [0.1, 0.15) is 24.9 Å². The molecule has 0 radical (unpaired) electrons. The molecule has 1 heterocycles. The van der Waals surface area contributed by atoms with Gasteiger partial charge in [-0.3, -0.25) is 4.98 Å². The third kappa shape index (κ3) is 3.68. The summed E-state index contributed by atoms with van der Waals surface area (Å²) in [5.74, 6) is 0. The highest BCUT2D eigenvalue weighted by atomic mass is 127. The van der Waals surface area contributed by atoms with Crippen LogP contribution in [0.3, 0.4) is 0 Å². The lowest BCUT2D eigenvalue weighted by atomic mass is 10.0. The maximum atomic E-state index is 8.70. The summed E-state index contributed by atoms with van der Waals surface area (Å²) in [7, 11) is 0. The van der Waals surface area contributed by atoms with Gasteiger partial charge in [0.25, 0.3) is 0 Å². The molecule has 2 aromatic rings. The first kappa shape index (κ1) is 13.8. The molecule has 0 saturated carbocycles. The number of halogens is 1. The van der Waals surface area contributed by atoms with E-state index in [1.54, 1.807) is 6.20 Å². The molecule has 1 aromatic heterocycles. The standard InChI is InChI=1S/C14H13IN4/c1-10(15)4-7-13(18-19-16)12-6-5-11-3-2-8-17-14(11)9-12/h2-6,8-9,13H,7H2,1H3/b10-4-/t13-/m1/s1. The van der Waals surface area contributed by atoms with Crippen LogP contribution in [-0.4, -0.2) is 4.98 Å². The van der Waals surface area contributed by atoms with Crippen LogP contribution in [0.4, 0.5) is 0 Å². The van der Waals surface area contributed by atoms with Crippen LogP contribution in [0.25, 0.3) is 21.3 Å². The van der Waals surface area contributed by atoms with Gasteiger partial charge in [-0.05, 0) is 62.7 Å². The van der Waals surface area contributed by atoms with E-state index in [2.05, 4.69) is 43.7 Å². The van der Waals surface area contributed by atoms with Gasteiger partial charge in [-0.1, -0.05) is 29.4 Å². The SMILES string of the molecule is C/C(I)=C/C[C@@H](N=[N+]=[N-])c1ccc2cccnc2c1. The van der Waals surface area contributed by atoms with E-state index in [4.69, 9.17) is 5.53 Å². The Morgan fingerprint density at radius 2 is 2.37 bits per heavy atom. The van der Waals surface area contributed by atoms with Gasteiger partial charge in [0.15, 0.2) is 0 Å². The minimum absolute atomic E-state index is 0.180. The average molecular weight is 364 g/mol. The summed E-state index contributed by atoms with van der Waals surface area (Å²) in [4.78, 5) is 7.27. The smallest absolute Gasteiger partial charge is 0.0704 e. The van der Waals surface area contributed by atoms with Gasteiger partial charge >= 0.3 is 0 Å². The van der Waals surface area contributed by atoms with Crippen LogP contribution in [0.5, 0.6) is 0 Å². The molecule has 19 heavy (non-hydrogen) atoms. The molecule has 1 atom stereocenters. The van der Waals surface area contributed by atoms with Crippen molar-refractivity contribution in [3.05, 3.63) is 62.2 Å². The Kier molecular flexibility index (Phi) is 4.76. The van der Waals surface area contributed by atoms with Crippen molar-refractivity contribution in [2.45, 2.75) is 19.4 Å². The predicted octanol–water partition coefficient (Wildman–Crippen LogP) is 5.32. The number of benzene rings is 1. The molecule has 0 aliphatic heterocycles. The minimum atomic E-state index is -0.180. The molecule has 4 nitrogen and oxygen atoms in total. The number of rotatable bonds is 4. The first-order chi connectivity index (χ1) is 9.20. The van der Waals surface area contributed by atoms with Gasteiger partial charge in [0.05, 0.1) is 11.6 Å². The van der Waals surface area contributed by atoms with Crippen LogP contribution in [-0.2, 0) is 0 Å². The fraction of sp³-hybridized carbons (Fsp3) is 0.214. The van der Waals surface area contributed by atoms with Crippen molar-refractivity contribution in [1.29, 1.82) is 0 Å². The molecule has 1 aromatic carbocycles. The van der Waals surface area contributed by atoms with E-state index in [-0.39, 0.29) is 6.04 Å². The largest absolute Gasteiger partial charge is 0.256 e. The third-order valence-electron chi connectivity index (χ3n) is 2.83. The van der Waals surface area contributed by atoms with Crippen molar-refractivity contribution < 1.29 is 0 Å². The van der Waals surface area contributed by atoms with Gasteiger partial charge in [-0.25, -0.2) is 0 Å². The normalized spacial score (nSPS) is 13.1. The van der Waals surface area contributed by atoms with Crippen LogP contribution in [0.2, 0.25) is 0 Å². The Labute approximate surface area is 125 Å². The Hall–Kier alpha value is -1.59. The first-order valence-corrected chi connectivity index (χ1v) is 6.99. The highest BCUT2D eigenvalue weighted by Gasteiger charge is 2.09. The first-order valence-electron chi connectivity index (χ1n) is 5.92. The Balaban J connectivity index is 2.38. The van der Waals surface area contributed by atoms with Crippen molar-refractivity contribution in [2.24, 2.45) is 5.11 Å². The summed E-state index contributed by atoms with van der Waals surface area (Å²) < 4.78 is 1.19. The van der Waals surface area contributed by atoms with E-state index < -0.39 is 0 Å². The number of azide groups is 1. The van der Waals surface area contributed by atoms with E-state index >= 15 is 0 Å². The second-order valence-electron chi connectivity index (χ2n) is 4.20. The van der Waals surface area contributed by atoms with Gasteiger partial charge in [-0.2, -0.15) is 0 Å². The quantitative estimate of drug-likeness (QED) is 0.314. The fourth-order valence-corrected chi connectivity index (χ4v) is 2.13. The molecule has 0 aliphatic carbocycles. The van der Waals surface area contributed by atoms with Crippen LogP contribution in [0.15, 0.2) is 51.3 Å². The van der Waals surface area contributed by atoms with Crippen LogP contribution < -0.4 is 0 Å². The number of nitrogens with zero attached hydrogens (tertiary/aromatic N) is 4. The number of hydrogen-bond donors (Lipinski definition) is 0. The van der Waals surface area contributed by atoms with Crippen molar-refractivity contribution in [2.75, 3.05) is 0 Å². The molecule has 2 rings (SSSR count). The Morgan fingerprint density at radius 1 is 1.53 bits per heavy atom. The predicted molar refractivity (Wildman–Crippen MR) is 86.0 cm³/mol. The molecule has 0 spiro atoms. The zero-order chi connectivity index (χ0) is 13.7. The van der Waals surface area contributed by atoms with Gasteiger partial charge < -0.3 is 0 Å². The number of pyridine rings is 1. The summed E-state index contributed by atoms with van der Waals surface area (Å²) >= 11 is 2.25. The zero-order valence-electron chi connectivity index (χ0n) is 10.5. The van der Waals surface area contributed by atoms with Gasteiger partial charge in [-0.15, -0.1) is 0 Å². The molecule has 96 valence electrons. The molecule has 0 bridgehead atoms. The molecular formula is C14H13IN4. The van der Waals surface area contributed by atoms with E-state index in [1.165, 1.54) is 3.58 Å². The molecule has 0 fully saturated rings. The summed E-state index contributed by atoms with van der Waals surface area (Å²) in [5.41, 5.74) is 10.6. The summed E-state index contributed by atoms with van der Waals surface area (Å²) in [6.45, 7) is 2.02. The van der Waals surface area contributed by atoms with E-state index in [9.17, 15) is 0 Å². The molecular weight excluding hydrogens is 351 g/mol. The number of hydrogen-bond acceptors (Lipinski definition) is 2. The second kappa shape index (κ2) is 6.54. The zero-order valence-corrected chi connectivity index (χ0v) is 12.7. The highest BCUT2D eigenvalue weighted by molar-refractivity contribution is 14.1. The molecule has 0 unspecified atom stereocenters. The molecule has 0 saturated heterocycles. The van der Waals surface area contributed by atoms with Crippen molar-refractivity contribution in [3.8, 4) is 0 Å². The molecule has 5 heteroatoms. The summed E-state index contributed by atoms with van der Waals surface area (Å²) in [6, 6.07) is 9.75. The topological polar surface area (TPSA) is 61.7 Å². The lowest BCUT2D eigenvalue weighted by molar-refractivity contribution is 0.733.